The molecule has 1 aromatic carbocycles. The van der Waals surface area contributed by atoms with Gasteiger partial charge in [-0.05, 0) is 37.6 Å². The summed E-state index contributed by atoms with van der Waals surface area (Å²) in [6.45, 7) is 4.64. The lowest BCUT2D eigenvalue weighted by Crippen LogP contribution is -2.26. The highest BCUT2D eigenvalue weighted by molar-refractivity contribution is 7.88. The molecular formula is C13H22N2O3S. The van der Waals surface area contributed by atoms with Crippen LogP contribution in [0.15, 0.2) is 24.3 Å². The highest BCUT2D eigenvalue weighted by Gasteiger charge is 1.99. The van der Waals surface area contributed by atoms with Gasteiger partial charge in [0.2, 0.25) is 10.0 Å². The second-order valence-corrected chi connectivity index (χ2v) is 6.11. The van der Waals surface area contributed by atoms with Gasteiger partial charge in [-0.3, -0.25) is 0 Å². The molecule has 0 aliphatic heterocycles. The molecule has 0 radical (unpaired) electrons. The zero-order chi connectivity index (χ0) is 14.1. The van der Waals surface area contributed by atoms with Gasteiger partial charge < -0.3 is 10.1 Å². The Labute approximate surface area is 115 Å². The fourth-order valence-corrected chi connectivity index (χ4v) is 2.09. The van der Waals surface area contributed by atoms with Crippen molar-refractivity contribution in [3.63, 3.8) is 0 Å². The Morgan fingerprint density at radius 2 is 1.84 bits per heavy atom. The molecule has 0 heterocycles. The van der Waals surface area contributed by atoms with Crippen LogP contribution in [0.2, 0.25) is 0 Å². The molecule has 1 aromatic rings. The first kappa shape index (κ1) is 15.9. The number of rotatable bonds is 9. The Kier molecular flexibility index (Phi) is 6.83. The lowest BCUT2D eigenvalue weighted by Gasteiger charge is -2.07. The monoisotopic (exact) mass is 286 g/mol. The fourth-order valence-electron chi connectivity index (χ4n) is 1.57. The molecule has 0 amide bonds. The van der Waals surface area contributed by atoms with E-state index in [-0.39, 0.29) is 0 Å². The normalized spacial score (nSPS) is 11.5. The van der Waals surface area contributed by atoms with Crippen LogP contribution >= 0.6 is 0 Å². The molecule has 0 atom stereocenters. The van der Waals surface area contributed by atoms with E-state index in [0.717, 1.165) is 25.3 Å². The SMILES string of the molecule is CCOc1ccc(CNCCCNS(C)(=O)=O)cc1. The second-order valence-electron chi connectivity index (χ2n) is 4.27. The van der Waals surface area contributed by atoms with Crippen LogP contribution in [0.1, 0.15) is 18.9 Å². The van der Waals surface area contributed by atoms with Crippen LogP contribution in [-0.4, -0.2) is 34.4 Å². The van der Waals surface area contributed by atoms with E-state index in [2.05, 4.69) is 10.0 Å². The first-order valence-corrected chi connectivity index (χ1v) is 8.27. The van der Waals surface area contributed by atoms with Gasteiger partial charge in [-0.15, -0.1) is 0 Å². The Bertz CT molecular complexity index is 457. The summed E-state index contributed by atoms with van der Waals surface area (Å²) in [4.78, 5) is 0. The molecule has 0 aliphatic rings. The van der Waals surface area contributed by atoms with Gasteiger partial charge in [0.25, 0.3) is 0 Å². The van der Waals surface area contributed by atoms with Crippen LogP contribution in [0.4, 0.5) is 0 Å². The number of nitrogens with one attached hydrogen (secondary N) is 2. The summed E-state index contributed by atoms with van der Waals surface area (Å²) in [6.07, 6.45) is 1.93. The van der Waals surface area contributed by atoms with Crippen molar-refractivity contribution in [2.45, 2.75) is 19.9 Å². The third kappa shape index (κ3) is 7.81. The highest BCUT2D eigenvalue weighted by atomic mass is 32.2. The molecule has 0 spiro atoms. The van der Waals surface area contributed by atoms with Gasteiger partial charge in [0.15, 0.2) is 0 Å². The van der Waals surface area contributed by atoms with E-state index >= 15 is 0 Å². The molecule has 6 heteroatoms. The summed E-state index contributed by atoms with van der Waals surface area (Å²) in [7, 11) is -3.07. The smallest absolute Gasteiger partial charge is 0.208 e. The number of ether oxygens (including phenoxy) is 1. The fraction of sp³-hybridized carbons (Fsp3) is 0.538. The average Bonchev–Trinajstić information content (AvgIpc) is 2.35. The van der Waals surface area contributed by atoms with Crippen molar-refractivity contribution < 1.29 is 13.2 Å². The minimum atomic E-state index is -3.07. The van der Waals surface area contributed by atoms with Crippen molar-refractivity contribution in [3.8, 4) is 5.75 Å². The minimum Gasteiger partial charge on any atom is -0.494 e. The molecule has 19 heavy (non-hydrogen) atoms. The van der Waals surface area contributed by atoms with Crippen LogP contribution < -0.4 is 14.8 Å². The van der Waals surface area contributed by atoms with Gasteiger partial charge in [0.1, 0.15) is 5.75 Å². The number of benzene rings is 1. The summed E-state index contributed by atoms with van der Waals surface area (Å²) in [5.74, 6) is 0.878. The number of sulfonamides is 1. The van der Waals surface area contributed by atoms with Crippen molar-refractivity contribution in [2.75, 3.05) is 26.0 Å². The minimum absolute atomic E-state index is 0.467. The van der Waals surface area contributed by atoms with Crippen LogP contribution in [-0.2, 0) is 16.6 Å². The largest absolute Gasteiger partial charge is 0.494 e. The van der Waals surface area contributed by atoms with E-state index in [1.165, 1.54) is 11.8 Å². The molecular weight excluding hydrogens is 264 g/mol. The number of hydrogen-bond acceptors (Lipinski definition) is 4. The van der Waals surface area contributed by atoms with Gasteiger partial charge in [0.05, 0.1) is 12.9 Å². The Hall–Kier alpha value is -1.11. The van der Waals surface area contributed by atoms with E-state index in [1.807, 2.05) is 31.2 Å². The topological polar surface area (TPSA) is 67.4 Å². The van der Waals surface area contributed by atoms with Crippen LogP contribution in [0.3, 0.4) is 0 Å². The van der Waals surface area contributed by atoms with E-state index in [9.17, 15) is 8.42 Å². The van der Waals surface area contributed by atoms with Crippen molar-refractivity contribution in [1.29, 1.82) is 0 Å². The van der Waals surface area contributed by atoms with Gasteiger partial charge in [-0.2, -0.15) is 0 Å². The first-order chi connectivity index (χ1) is 9.01. The van der Waals surface area contributed by atoms with Gasteiger partial charge in [-0.1, -0.05) is 12.1 Å². The predicted molar refractivity (Wildman–Crippen MR) is 76.8 cm³/mol. The maximum absolute atomic E-state index is 10.8. The molecule has 0 saturated heterocycles. The lowest BCUT2D eigenvalue weighted by atomic mass is 10.2. The second kappa shape index (κ2) is 8.14. The molecule has 2 N–H and O–H groups in total. The molecule has 0 aromatic heterocycles. The van der Waals surface area contributed by atoms with E-state index < -0.39 is 10.0 Å². The third-order valence-corrected chi connectivity index (χ3v) is 3.19. The Morgan fingerprint density at radius 1 is 1.16 bits per heavy atom. The van der Waals surface area contributed by atoms with Gasteiger partial charge in [0, 0.05) is 13.1 Å². The molecule has 1 rings (SSSR count). The maximum Gasteiger partial charge on any atom is 0.208 e. The van der Waals surface area contributed by atoms with Crippen molar-refractivity contribution in [2.24, 2.45) is 0 Å². The Balaban J connectivity index is 2.15. The quantitative estimate of drug-likeness (QED) is 0.667. The zero-order valence-electron chi connectivity index (χ0n) is 11.5. The third-order valence-electron chi connectivity index (χ3n) is 2.46. The summed E-state index contributed by atoms with van der Waals surface area (Å²) < 4.78 is 29.5. The summed E-state index contributed by atoms with van der Waals surface area (Å²) >= 11 is 0. The molecule has 0 unspecified atom stereocenters. The van der Waals surface area contributed by atoms with Crippen molar-refractivity contribution in [1.82, 2.24) is 10.0 Å². The number of hydrogen-bond donors (Lipinski definition) is 2. The Morgan fingerprint density at radius 3 is 2.42 bits per heavy atom. The highest BCUT2D eigenvalue weighted by Crippen LogP contribution is 2.11. The first-order valence-electron chi connectivity index (χ1n) is 6.38. The van der Waals surface area contributed by atoms with Crippen molar-refractivity contribution in [3.05, 3.63) is 29.8 Å². The molecule has 5 nitrogen and oxygen atoms in total. The van der Waals surface area contributed by atoms with E-state index in [0.29, 0.717) is 13.2 Å². The van der Waals surface area contributed by atoms with Gasteiger partial charge in [-0.25, -0.2) is 13.1 Å². The van der Waals surface area contributed by atoms with E-state index in [1.54, 1.807) is 0 Å². The standard InChI is InChI=1S/C13H22N2O3S/c1-3-18-13-7-5-12(6-8-13)11-14-9-4-10-15-19(2,16)17/h5-8,14-15H,3-4,9-11H2,1-2H3. The average molecular weight is 286 g/mol. The molecule has 0 aliphatic carbocycles. The molecule has 0 saturated carbocycles. The molecule has 0 fully saturated rings. The summed E-state index contributed by atoms with van der Waals surface area (Å²) in [6, 6.07) is 7.94. The van der Waals surface area contributed by atoms with Crippen LogP contribution in [0.25, 0.3) is 0 Å². The maximum atomic E-state index is 10.8. The van der Waals surface area contributed by atoms with Crippen LogP contribution in [0, 0.1) is 0 Å². The molecule has 0 bridgehead atoms. The van der Waals surface area contributed by atoms with Crippen LogP contribution in [0.5, 0.6) is 5.75 Å². The lowest BCUT2D eigenvalue weighted by molar-refractivity contribution is 0.340. The summed E-state index contributed by atoms with van der Waals surface area (Å²) in [5, 5.41) is 3.26. The molecule has 108 valence electrons. The zero-order valence-corrected chi connectivity index (χ0v) is 12.3. The van der Waals surface area contributed by atoms with Gasteiger partial charge >= 0.3 is 0 Å². The van der Waals surface area contributed by atoms with Crippen molar-refractivity contribution >= 4 is 10.0 Å². The summed E-state index contributed by atoms with van der Waals surface area (Å²) in [5.41, 5.74) is 1.18. The predicted octanol–water partition coefficient (Wildman–Crippen LogP) is 1.11. The van der Waals surface area contributed by atoms with E-state index in [4.69, 9.17) is 4.74 Å².